The average Bonchev–Trinajstić information content (AvgIpc) is 2.43. The van der Waals surface area contributed by atoms with Gasteiger partial charge in [0.05, 0.1) is 11.7 Å². The monoisotopic (exact) mass is 215 g/mol. The molecule has 1 aliphatic heterocycles. The van der Waals surface area contributed by atoms with E-state index >= 15 is 0 Å². The molecule has 0 amide bonds. The molecule has 3 heteroatoms. The molecule has 3 atom stereocenters. The Bertz CT molecular complexity index is 212. The molecule has 15 heavy (non-hydrogen) atoms. The smallest absolute Gasteiger partial charge is 0.119 e. The van der Waals surface area contributed by atoms with Gasteiger partial charge in [0.2, 0.25) is 0 Å². The minimum atomic E-state index is -0.688. The van der Waals surface area contributed by atoms with Gasteiger partial charge in [0.25, 0.3) is 0 Å². The van der Waals surface area contributed by atoms with Gasteiger partial charge in [-0.25, -0.2) is 0 Å². The van der Waals surface area contributed by atoms with Gasteiger partial charge in [-0.3, -0.25) is 5.32 Å². The van der Waals surface area contributed by atoms with Crippen molar-refractivity contribution in [2.24, 2.45) is 5.92 Å². The lowest BCUT2D eigenvalue weighted by atomic mass is 9.97. The quantitative estimate of drug-likeness (QED) is 0.752. The van der Waals surface area contributed by atoms with Crippen LogP contribution in [0.4, 0.5) is 0 Å². The maximum absolute atomic E-state index is 9.81. The molecule has 0 radical (unpaired) electrons. The molecule has 0 aromatic heterocycles. The second-order valence-corrected chi connectivity index (χ2v) is 5.64. The van der Waals surface area contributed by atoms with E-state index in [0.717, 1.165) is 13.0 Å². The fraction of sp³-hybridized carbons (Fsp3) is 1.00. The number of aliphatic hydroxyl groups is 1. The Morgan fingerprint density at radius 3 is 2.67 bits per heavy atom. The molecule has 1 aliphatic rings. The van der Waals surface area contributed by atoms with Crippen molar-refractivity contribution in [3.05, 3.63) is 0 Å². The van der Waals surface area contributed by atoms with Gasteiger partial charge in [0, 0.05) is 13.0 Å². The molecule has 90 valence electrons. The largest absolute Gasteiger partial charge is 0.390 e. The molecule has 0 spiro atoms. The molecule has 3 nitrogen and oxygen atoms in total. The van der Waals surface area contributed by atoms with E-state index in [1.165, 1.54) is 0 Å². The molecular weight excluding hydrogens is 190 g/mol. The zero-order chi connectivity index (χ0) is 11.7. The number of nitrogens with one attached hydrogen (secondary N) is 1. The predicted octanol–water partition coefficient (Wildman–Crippen LogP) is 1.90. The van der Waals surface area contributed by atoms with Crippen molar-refractivity contribution in [1.29, 1.82) is 0 Å². The van der Waals surface area contributed by atoms with Gasteiger partial charge in [-0.05, 0) is 26.7 Å². The summed E-state index contributed by atoms with van der Waals surface area (Å²) in [6.07, 6.45) is 2.03. The average molecular weight is 215 g/mol. The van der Waals surface area contributed by atoms with Gasteiger partial charge < -0.3 is 9.84 Å². The SMILES string of the molecule is CCC(C)C1CNC(C)(CC(C)(C)O)O1. The van der Waals surface area contributed by atoms with Crippen LogP contribution >= 0.6 is 0 Å². The van der Waals surface area contributed by atoms with Crippen LogP contribution in [0.3, 0.4) is 0 Å². The third-order valence-electron chi connectivity index (χ3n) is 3.14. The summed E-state index contributed by atoms with van der Waals surface area (Å²) < 4.78 is 6.01. The lowest BCUT2D eigenvalue weighted by Crippen LogP contribution is -2.44. The van der Waals surface area contributed by atoms with Gasteiger partial charge in [-0.2, -0.15) is 0 Å². The first-order valence-corrected chi connectivity index (χ1v) is 5.91. The van der Waals surface area contributed by atoms with Crippen LogP contribution < -0.4 is 5.32 Å². The van der Waals surface area contributed by atoms with Crippen LogP contribution in [0.15, 0.2) is 0 Å². The van der Waals surface area contributed by atoms with Crippen molar-refractivity contribution in [3.8, 4) is 0 Å². The van der Waals surface area contributed by atoms with Crippen LogP contribution in [0.25, 0.3) is 0 Å². The summed E-state index contributed by atoms with van der Waals surface area (Å²) in [4.78, 5) is 0. The molecule has 0 aliphatic carbocycles. The molecular formula is C12H25NO2. The molecule has 0 bridgehead atoms. The zero-order valence-corrected chi connectivity index (χ0v) is 10.6. The third kappa shape index (κ3) is 3.74. The first-order valence-electron chi connectivity index (χ1n) is 5.91. The number of hydrogen-bond donors (Lipinski definition) is 2. The van der Waals surface area contributed by atoms with Gasteiger partial charge in [-0.1, -0.05) is 20.3 Å². The van der Waals surface area contributed by atoms with Crippen molar-refractivity contribution in [2.45, 2.75) is 64.9 Å². The number of ether oxygens (including phenoxy) is 1. The topological polar surface area (TPSA) is 41.5 Å². The molecule has 3 unspecified atom stereocenters. The van der Waals surface area contributed by atoms with Crippen LogP contribution in [0.1, 0.15) is 47.5 Å². The van der Waals surface area contributed by atoms with E-state index in [9.17, 15) is 5.11 Å². The van der Waals surface area contributed by atoms with Crippen molar-refractivity contribution >= 4 is 0 Å². The van der Waals surface area contributed by atoms with E-state index in [1.807, 2.05) is 20.8 Å². The van der Waals surface area contributed by atoms with Gasteiger partial charge in [0.15, 0.2) is 0 Å². The van der Waals surface area contributed by atoms with E-state index in [2.05, 4.69) is 19.2 Å². The fourth-order valence-electron chi connectivity index (χ4n) is 2.24. The highest BCUT2D eigenvalue weighted by Crippen LogP contribution is 2.29. The maximum Gasteiger partial charge on any atom is 0.119 e. The van der Waals surface area contributed by atoms with E-state index < -0.39 is 5.60 Å². The summed E-state index contributed by atoms with van der Waals surface area (Å²) in [6, 6.07) is 0. The van der Waals surface area contributed by atoms with Crippen LogP contribution in [0.5, 0.6) is 0 Å². The van der Waals surface area contributed by atoms with Crippen LogP contribution in [-0.2, 0) is 4.74 Å². The van der Waals surface area contributed by atoms with Crippen molar-refractivity contribution in [1.82, 2.24) is 5.32 Å². The summed E-state index contributed by atoms with van der Waals surface area (Å²) >= 11 is 0. The van der Waals surface area contributed by atoms with Crippen molar-refractivity contribution < 1.29 is 9.84 Å². The minimum absolute atomic E-state index is 0.280. The number of hydrogen-bond acceptors (Lipinski definition) is 3. The molecule has 1 heterocycles. The Labute approximate surface area is 93.2 Å². The normalized spacial score (nSPS) is 34.4. The predicted molar refractivity (Wildman–Crippen MR) is 61.7 cm³/mol. The number of rotatable bonds is 4. The fourth-order valence-corrected chi connectivity index (χ4v) is 2.24. The van der Waals surface area contributed by atoms with Crippen molar-refractivity contribution in [3.63, 3.8) is 0 Å². The molecule has 2 N–H and O–H groups in total. The lowest BCUT2D eigenvalue weighted by Gasteiger charge is -2.31. The third-order valence-corrected chi connectivity index (χ3v) is 3.14. The van der Waals surface area contributed by atoms with E-state index in [0.29, 0.717) is 12.3 Å². The summed E-state index contributed by atoms with van der Waals surface area (Å²) in [6.45, 7) is 10.9. The maximum atomic E-state index is 9.81. The Morgan fingerprint density at radius 2 is 2.20 bits per heavy atom. The zero-order valence-electron chi connectivity index (χ0n) is 10.6. The Kier molecular flexibility index (Phi) is 3.80. The summed E-state index contributed by atoms with van der Waals surface area (Å²) in [5.41, 5.74) is -1.06. The first-order chi connectivity index (χ1) is 6.76. The van der Waals surface area contributed by atoms with Gasteiger partial charge in [0.1, 0.15) is 5.72 Å². The molecule has 1 fully saturated rings. The molecule has 0 saturated carbocycles. The Morgan fingerprint density at radius 1 is 1.60 bits per heavy atom. The summed E-state index contributed by atoms with van der Waals surface area (Å²) in [7, 11) is 0. The summed E-state index contributed by atoms with van der Waals surface area (Å²) in [5.74, 6) is 0.570. The molecule has 0 aromatic carbocycles. The molecule has 1 rings (SSSR count). The van der Waals surface area contributed by atoms with Crippen molar-refractivity contribution in [2.75, 3.05) is 6.54 Å². The lowest BCUT2D eigenvalue weighted by molar-refractivity contribution is -0.0972. The minimum Gasteiger partial charge on any atom is -0.390 e. The Balaban J connectivity index is 2.53. The molecule has 0 aromatic rings. The van der Waals surface area contributed by atoms with Crippen LogP contribution in [0, 0.1) is 5.92 Å². The second kappa shape index (κ2) is 4.40. The van der Waals surface area contributed by atoms with Gasteiger partial charge >= 0.3 is 0 Å². The summed E-state index contributed by atoms with van der Waals surface area (Å²) in [5, 5.41) is 13.2. The highest BCUT2D eigenvalue weighted by atomic mass is 16.5. The highest BCUT2D eigenvalue weighted by molar-refractivity contribution is 4.89. The van der Waals surface area contributed by atoms with E-state index in [-0.39, 0.29) is 11.8 Å². The second-order valence-electron chi connectivity index (χ2n) is 5.64. The van der Waals surface area contributed by atoms with Crippen LogP contribution in [0.2, 0.25) is 0 Å². The van der Waals surface area contributed by atoms with E-state index in [1.54, 1.807) is 0 Å². The first kappa shape index (κ1) is 12.9. The van der Waals surface area contributed by atoms with E-state index in [4.69, 9.17) is 4.74 Å². The Hall–Kier alpha value is -0.120. The standard InChI is InChI=1S/C12H25NO2/c1-6-9(2)10-7-13-12(5,15-10)8-11(3,4)14/h9-10,13-14H,6-8H2,1-5H3. The highest BCUT2D eigenvalue weighted by Gasteiger charge is 2.40. The van der Waals surface area contributed by atoms with Gasteiger partial charge in [-0.15, -0.1) is 0 Å². The van der Waals surface area contributed by atoms with Crippen LogP contribution in [-0.4, -0.2) is 29.1 Å². The molecule has 1 saturated heterocycles.